The number of rotatable bonds is 5. The van der Waals surface area contributed by atoms with E-state index in [9.17, 15) is 9.50 Å². The molecule has 4 aliphatic rings. The normalized spacial score (nSPS) is 27.0. The number of halogens is 4. The molecule has 7 nitrogen and oxygen atoms in total. The number of ether oxygens (including phenoxy) is 1. The third-order valence-electron chi connectivity index (χ3n) is 9.77. The molecule has 224 valence electrons. The van der Waals surface area contributed by atoms with Crippen molar-refractivity contribution in [3.8, 4) is 22.9 Å². The Bertz CT molecular complexity index is 1760. The van der Waals surface area contributed by atoms with Crippen molar-refractivity contribution < 1.29 is 23.0 Å². The molecule has 1 aromatic heterocycles. The van der Waals surface area contributed by atoms with Crippen LogP contribution in [0.2, 0.25) is 5.02 Å². The predicted molar refractivity (Wildman–Crippen MR) is 160 cm³/mol. The summed E-state index contributed by atoms with van der Waals surface area (Å²) in [7, 11) is 0. The molecule has 0 amide bonds. The SMILES string of the molecule is Oc1cc(-c2c(F)cc3c(N4CC5CCC(C4)N5)nc(OC[C@@]45CCCN4C[C@H](F)C5)nc3c2F)c2c(Cl)cccc2c1. The lowest BCUT2D eigenvalue weighted by molar-refractivity contribution is 0.107. The van der Waals surface area contributed by atoms with Crippen molar-refractivity contribution in [1.29, 1.82) is 0 Å². The second-order valence-corrected chi connectivity index (χ2v) is 12.9. The van der Waals surface area contributed by atoms with Gasteiger partial charge in [0.2, 0.25) is 0 Å². The van der Waals surface area contributed by atoms with E-state index in [1.807, 2.05) is 0 Å². The van der Waals surface area contributed by atoms with Crippen LogP contribution < -0.4 is 15.0 Å². The number of anilines is 1. The number of aromatic nitrogens is 2. The number of phenols is 1. The Morgan fingerprint density at radius 1 is 1.09 bits per heavy atom. The fourth-order valence-corrected chi connectivity index (χ4v) is 8.18. The molecule has 8 rings (SSSR count). The summed E-state index contributed by atoms with van der Waals surface area (Å²) in [6.07, 6.45) is 3.28. The molecule has 11 heteroatoms. The highest BCUT2D eigenvalue weighted by molar-refractivity contribution is 6.36. The lowest BCUT2D eigenvalue weighted by atomic mass is 9.95. The molecule has 2 N–H and O–H groups in total. The molecule has 2 unspecified atom stereocenters. The van der Waals surface area contributed by atoms with Crippen LogP contribution in [0.5, 0.6) is 11.8 Å². The highest BCUT2D eigenvalue weighted by Gasteiger charge is 2.49. The first-order chi connectivity index (χ1) is 20.8. The summed E-state index contributed by atoms with van der Waals surface area (Å²) in [6, 6.07) is 9.66. The maximum absolute atomic E-state index is 16.7. The second kappa shape index (κ2) is 10.1. The van der Waals surface area contributed by atoms with E-state index in [4.69, 9.17) is 21.3 Å². The zero-order chi connectivity index (χ0) is 29.5. The fourth-order valence-electron chi connectivity index (χ4n) is 7.89. The number of nitrogens with zero attached hydrogens (tertiary/aromatic N) is 4. The van der Waals surface area contributed by atoms with Gasteiger partial charge in [-0.3, -0.25) is 4.90 Å². The number of aromatic hydroxyl groups is 1. The van der Waals surface area contributed by atoms with E-state index in [1.54, 1.807) is 18.2 Å². The minimum Gasteiger partial charge on any atom is -0.508 e. The first kappa shape index (κ1) is 27.2. The van der Waals surface area contributed by atoms with Crippen molar-refractivity contribution in [2.24, 2.45) is 0 Å². The summed E-state index contributed by atoms with van der Waals surface area (Å²) in [6.45, 7) is 2.67. The van der Waals surface area contributed by atoms with Gasteiger partial charge < -0.3 is 20.1 Å². The number of phenolic OH excluding ortho intramolecular Hbond substituents is 1. The van der Waals surface area contributed by atoms with Gasteiger partial charge in [0.25, 0.3) is 0 Å². The minimum absolute atomic E-state index is 0.0211. The molecule has 0 aliphatic carbocycles. The van der Waals surface area contributed by atoms with E-state index in [0.29, 0.717) is 47.7 Å². The van der Waals surface area contributed by atoms with Crippen molar-refractivity contribution in [2.75, 3.05) is 37.7 Å². The maximum Gasteiger partial charge on any atom is 0.319 e. The molecule has 3 aromatic carbocycles. The summed E-state index contributed by atoms with van der Waals surface area (Å²) in [5.41, 5.74) is -0.730. The van der Waals surface area contributed by atoms with Crippen molar-refractivity contribution in [3.05, 3.63) is 53.1 Å². The maximum atomic E-state index is 16.7. The van der Waals surface area contributed by atoms with Crippen LogP contribution in [0.4, 0.5) is 19.0 Å². The minimum atomic E-state index is -0.916. The van der Waals surface area contributed by atoms with Crippen molar-refractivity contribution in [3.63, 3.8) is 0 Å². The van der Waals surface area contributed by atoms with Gasteiger partial charge in [0.1, 0.15) is 35.7 Å². The highest BCUT2D eigenvalue weighted by Crippen LogP contribution is 2.43. The monoisotopic (exact) mass is 609 g/mol. The summed E-state index contributed by atoms with van der Waals surface area (Å²) < 4.78 is 53.4. The quantitative estimate of drug-likeness (QED) is 0.288. The van der Waals surface area contributed by atoms with Gasteiger partial charge in [0.15, 0.2) is 5.82 Å². The van der Waals surface area contributed by atoms with Crippen LogP contribution in [0.25, 0.3) is 32.8 Å². The third-order valence-corrected chi connectivity index (χ3v) is 10.1. The third kappa shape index (κ3) is 4.48. The molecular weight excluding hydrogens is 579 g/mol. The van der Waals surface area contributed by atoms with Gasteiger partial charge in [0, 0.05) is 59.5 Å². The molecule has 43 heavy (non-hydrogen) atoms. The molecule has 0 saturated carbocycles. The Morgan fingerprint density at radius 3 is 2.72 bits per heavy atom. The summed E-state index contributed by atoms with van der Waals surface area (Å²) >= 11 is 6.51. The molecule has 4 atom stereocenters. The molecule has 4 aliphatic heterocycles. The van der Waals surface area contributed by atoms with Crippen LogP contribution >= 0.6 is 11.6 Å². The molecule has 4 aromatic rings. The topological polar surface area (TPSA) is 73.8 Å². The van der Waals surface area contributed by atoms with Crippen LogP contribution in [-0.4, -0.2) is 76.6 Å². The smallest absolute Gasteiger partial charge is 0.319 e. The fraction of sp³-hybridized carbons (Fsp3) is 0.438. The van der Waals surface area contributed by atoms with Crippen molar-refractivity contribution in [1.82, 2.24) is 20.2 Å². The average Bonchev–Trinajstić information content (AvgIpc) is 3.62. The molecular formula is C32H31ClF3N5O2. The second-order valence-electron chi connectivity index (χ2n) is 12.5. The summed E-state index contributed by atoms with van der Waals surface area (Å²) in [5.74, 6) is -1.43. The Balaban J connectivity index is 1.28. The Hall–Kier alpha value is -3.34. The van der Waals surface area contributed by atoms with E-state index in [-0.39, 0.29) is 52.5 Å². The van der Waals surface area contributed by atoms with Gasteiger partial charge in [-0.1, -0.05) is 23.7 Å². The van der Waals surface area contributed by atoms with E-state index in [0.717, 1.165) is 32.2 Å². The molecule has 4 saturated heterocycles. The highest BCUT2D eigenvalue weighted by atomic mass is 35.5. The van der Waals surface area contributed by atoms with Crippen LogP contribution in [-0.2, 0) is 0 Å². The first-order valence-electron chi connectivity index (χ1n) is 14.9. The van der Waals surface area contributed by atoms with Gasteiger partial charge in [0.05, 0.1) is 11.1 Å². The Labute approximate surface area is 251 Å². The summed E-state index contributed by atoms with van der Waals surface area (Å²) in [4.78, 5) is 13.4. The van der Waals surface area contributed by atoms with Crippen LogP contribution in [0.1, 0.15) is 32.1 Å². The van der Waals surface area contributed by atoms with E-state index >= 15 is 8.78 Å². The zero-order valence-electron chi connectivity index (χ0n) is 23.4. The Morgan fingerprint density at radius 2 is 1.91 bits per heavy atom. The Kier molecular flexibility index (Phi) is 6.40. The van der Waals surface area contributed by atoms with Crippen molar-refractivity contribution >= 4 is 39.1 Å². The molecule has 2 bridgehead atoms. The van der Waals surface area contributed by atoms with Gasteiger partial charge in [-0.2, -0.15) is 9.97 Å². The lowest BCUT2D eigenvalue weighted by Gasteiger charge is -2.34. The largest absolute Gasteiger partial charge is 0.508 e. The van der Waals surface area contributed by atoms with E-state index in [2.05, 4.69) is 20.1 Å². The van der Waals surface area contributed by atoms with E-state index < -0.39 is 23.3 Å². The number of fused-ring (bicyclic) bond motifs is 5. The van der Waals surface area contributed by atoms with Crippen LogP contribution in [0.15, 0.2) is 36.4 Å². The first-order valence-corrected chi connectivity index (χ1v) is 15.3. The lowest BCUT2D eigenvalue weighted by Crippen LogP contribution is -2.51. The van der Waals surface area contributed by atoms with Crippen molar-refractivity contribution in [2.45, 2.75) is 55.9 Å². The van der Waals surface area contributed by atoms with Gasteiger partial charge in [-0.05, 0) is 61.9 Å². The van der Waals surface area contributed by atoms with Crippen LogP contribution in [0.3, 0.4) is 0 Å². The number of nitrogens with one attached hydrogen (secondary N) is 1. The molecule has 5 heterocycles. The van der Waals surface area contributed by atoms with E-state index in [1.165, 1.54) is 18.2 Å². The molecule has 0 spiro atoms. The zero-order valence-corrected chi connectivity index (χ0v) is 24.2. The average molecular weight is 610 g/mol. The predicted octanol–water partition coefficient (Wildman–Crippen LogP) is 5.98. The number of hydrogen-bond donors (Lipinski definition) is 2. The standard InChI is InChI=1S/C32H31ClF3N5O2/c33-24-4-1-3-17-9-21(42)10-22(26(17)24)27-25(35)11-23-29(28(27)36)38-31(39-30(23)40-14-19-5-6-20(15-40)37-19)43-16-32-7-2-8-41(32)13-18(34)12-32/h1,3-4,9-11,18-20,37,42H,2,5-8,12-16H2/t18-,19?,20?,32+/m1/s1. The van der Waals surface area contributed by atoms with Gasteiger partial charge in [-0.15, -0.1) is 0 Å². The number of benzene rings is 3. The number of hydrogen-bond acceptors (Lipinski definition) is 7. The van der Waals surface area contributed by atoms with Gasteiger partial charge >= 0.3 is 6.01 Å². The summed E-state index contributed by atoms with van der Waals surface area (Å²) in [5, 5.41) is 15.6. The number of alkyl halides is 1. The molecule has 0 radical (unpaired) electrons. The molecule has 4 fully saturated rings. The van der Waals surface area contributed by atoms with Crippen LogP contribution in [0, 0.1) is 11.6 Å². The number of piperazine rings is 1. The van der Waals surface area contributed by atoms with Gasteiger partial charge in [-0.25, -0.2) is 13.2 Å².